The smallest absolute Gasteiger partial charge is 0.132 e. The Labute approximate surface area is 106 Å². The fourth-order valence-corrected chi connectivity index (χ4v) is 2.03. The second-order valence-electron chi connectivity index (χ2n) is 3.67. The first kappa shape index (κ1) is 13.7. The first-order valence-corrected chi connectivity index (χ1v) is 5.33. The summed E-state index contributed by atoms with van der Waals surface area (Å²) in [6, 6.07) is 3.28. The van der Waals surface area contributed by atoms with Crippen LogP contribution in [0.5, 0.6) is 0 Å². The molecule has 5 heteroatoms. The number of ether oxygens (including phenoxy) is 1. The van der Waals surface area contributed by atoms with Crippen molar-refractivity contribution in [2.24, 2.45) is 0 Å². The molecule has 0 unspecified atom stereocenters. The van der Waals surface area contributed by atoms with Gasteiger partial charge in [0.25, 0.3) is 0 Å². The van der Waals surface area contributed by atoms with E-state index in [1.165, 1.54) is 0 Å². The molecule has 1 aromatic carbocycles. The minimum absolute atomic E-state index is 0. The van der Waals surface area contributed by atoms with Crippen molar-refractivity contribution in [3.8, 4) is 0 Å². The molecule has 0 amide bonds. The van der Waals surface area contributed by atoms with E-state index in [-0.39, 0.29) is 24.3 Å². The minimum Gasteiger partial charge on any atom is -0.378 e. The van der Waals surface area contributed by atoms with E-state index in [0.717, 1.165) is 6.54 Å². The van der Waals surface area contributed by atoms with Crippen LogP contribution in [0.1, 0.15) is 17.2 Å². The molecule has 0 aromatic heterocycles. The van der Waals surface area contributed by atoms with Crippen molar-refractivity contribution in [2.45, 2.75) is 13.0 Å². The zero-order chi connectivity index (χ0) is 10.8. The average molecular weight is 266 g/mol. The first-order chi connectivity index (χ1) is 7.20. The van der Waals surface area contributed by atoms with Crippen LogP contribution >= 0.6 is 24.0 Å². The lowest BCUT2D eigenvalue weighted by Crippen LogP contribution is -2.35. The van der Waals surface area contributed by atoms with E-state index in [0.29, 0.717) is 29.4 Å². The molecule has 1 aromatic rings. The SMILES string of the molecule is Cc1ccc(Cl)c([C@H]2COCCN2)c1F.Cl. The van der Waals surface area contributed by atoms with Gasteiger partial charge in [-0.1, -0.05) is 17.7 Å². The Bertz CT molecular complexity index is 367. The van der Waals surface area contributed by atoms with Gasteiger partial charge in [-0.15, -0.1) is 12.4 Å². The molecular formula is C11H14Cl2FNO. The molecule has 1 atom stereocenters. The van der Waals surface area contributed by atoms with Crippen LogP contribution in [0.3, 0.4) is 0 Å². The Kier molecular flexibility index (Phi) is 4.99. The van der Waals surface area contributed by atoms with E-state index in [2.05, 4.69) is 5.32 Å². The van der Waals surface area contributed by atoms with Crippen LogP contribution in [0.4, 0.5) is 4.39 Å². The van der Waals surface area contributed by atoms with E-state index < -0.39 is 0 Å². The fourth-order valence-electron chi connectivity index (χ4n) is 1.75. The summed E-state index contributed by atoms with van der Waals surface area (Å²) < 4.78 is 19.2. The molecule has 0 spiro atoms. The maximum atomic E-state index is 13.9. The molecule has 2 nitrogen and oxygen atoms in total. The molecule has 1 aliphatic heterocycles. The number of benzene rings is 1. The number of aryl methyl sites for hydroxylation is 1. The molecule has 1 heterocycles. The van der Waals surface area contributed by atoms with E-state index in [1.54, 1.807) is 19.1 Å². The summed E-state index contributed by atoms with van der Waals surface area (Å²) in [6.45, 7) is 3.61. The lowest BCUT2D eigenvalue weighted by Gasteiger charge is -2.25. The summed E-state index contributed by atoms with van der Waals surface area (Å²) in [4.78, 5) is 0. The van der Waals surface area contributed by atoms with Crippen molar-refractivity contribution in [3.63, 3.8) is 0 Å². The van der Waals surface area contributed by atoms with Crippen LogP contribution in [0.25, 0.3) is 0 Å². The monoisotopic (exact) mass is 265 g/mol. The van der Waals surface area contributed by atoms with Crippen LogP contribution in [0.15, 0.2) is 12.1 Å². The zero-order valence-corrected chi connectivity index (χ0v) is 10.5. The molecule has 2 rings (SSSR count). The zero-order valence-electron chi connectivity index (χ0n) is 8.93. The molecule has 1 aliphatic rings. The maximum absolute atomic E-state index is 13.9. The van der Waals surface area contributed by atoms with Crippen LogP contribution in [-0.4, -0.2) is 19.8 Å². The molecule has 0 radical (unpaired) electrons. The van der Waals surface area contributed by atoms with E-state index >= 15 is 0 Å². The highest BCUT2D eigenvalue weighted by atomic mass is 35.5. The van der Waals surface area contributed by atoms with Gasteiger partial charge in [-0.05, 0) is 18.6 Å². The second-order valence-corrected chi connectivity index (χ2v) is 4.08. The highest BCUT2D eigenvalue weighted by Gasteiger charge is 2.22. The largest absolute Gasteiger partial charge is 0.378 e. The molecule has 0 bridgehead atoms. The number of halogens is 3. The number of rotatable bonds is 1. The molecule has 16 heavy (non-hydrogen) atoms. The molecule has 1 fully saturated rings. The predicted octanol–water partition coefficient (Wildman–Crippen LogP) is 2.87. The maximum Gasteiger partial charge on any atom is 0.132 e. The lowest BCUT2D eigenvalue weighted by atomic mass is 10.0. The summed E-state index contributed by atoms with van der Waals surface area (Å²) in [7, 11) is 0. The van der Waals surface area contributed by atoms with Crippen molar-refractivity contribution in [3.05, 3.63) is 34.1 Å². The van der Waals surface area contributed by atoms with Gasteiger partial charge in [0.2, 0.25) is 0 Å². The Morgan fingerprint density at radius 2 is 2.25 bits per heavy atom. The number of hydrogen-bond acceptors (Lipinski definition) is 2. The van der Waals surface area contributed by atoms with E-state index in [9.17, 15) is 4.39 Å². The van der Waals surface area contributed by atoms with Gasteiger partial charge in [0, 0.05) is 17.1 Å². The molecule has 90 valence electrons. The van der Waals surface area contributed by atoms with Crippen LogP contribution < -0.4 is 5.32 Å². The Balaban J connectivity index is 0.00000128. The topological polar surface area (TPSA) is 21.3 Å². The number of hydrogen-bond donors (Lipinski definition) is 1. The summed E-state index contributed by atoms with van der Waals surface area (Å²) in [5.41, 5.74) is 1.14. The van der Waals surface area contributed by atoms with Gasteiger partial charge in [0.1, 0.15) is 5.82 Å². The van der Waals surface area contributed by atoms with Crippen molar-refractivity contribution >= 4 is 24.0 Å². The van der Waals surface area contributed by atoms with Gasteiger partial charge in [-0.25, -0.2) is 4.39 Å². The van der Waals surface area contributed by atoms with E-state index in [4.69, 9.17) is 16.3 Å². The Morgan fingerprint density at radius 3 is 2.88 bits per heavy atom. The second kappa shape index (κ2) is 5.82. The minimum atomic E-state index is -0.231. The van der Waals surface area contributed by atoms with E-state index in [1.807, 2.05) is 0 Å². The highest BCUT2D eigenvalue weighted by Crippen LogP contribution is 2.28. The molecular weight excluding hydrogens is 252 g/mol. The summed E-state index contributed by atoms with van der Waals surface area (Å²) in [5, 5.41) is 3.65. The lowest BCUT2D eigenvalue weighted by molar-refractivity contribution is 0.0757. The third-order valence-corrected chi connectivity index (χ3v) is 2.92. The Hall–Kier alpha value is -0.350. The van der Waals surface area contributed by atoms with Crippen LogP contribution in [-0.2, 0) is 4.74 Å². The van der Waals surface area contributed by atoms with Gasteiger partial charge in [-0.3, -0.25) is 0 Å². The van der Waals surface area contributed by atoms with Gasteiger partial charge in [0.15, 0.2) is 0 Å². The van der Waals surface area contributed by atoms with Crippen molar-refractivity contribution < 1.29 is 9.13 Å². The van der Waals surface area contributed by atoms with Gasteiger partial charge < -0.3 is 10.1 Å². The quantitative estimate of drug-likeness (QED) is 0.843. The van der Waals surface area contributed by atoms with Gasteiger partial charge >= 0.3 is 0 Å². The third kappa shape index (κ3) is 2.66. The highest BCUT2D eigenvalue weighted by molar-refractivity contribution is 6.31. The standard InChI is InChI=1S/C11H13ClFNO.ClH/c1-7-2-3-8(12)10(11(7)13)9-6-15-5-4-14-9;/h2-3,9,14H,4-6H2,1H3;1H/t9-;/m1./s1. The molecule has 0 aliphatic carbocycles. The third-order valence-electron chi connectivity index (χ3n) is 2.59. The summed E-state index contributed by atoms with van der Waals surface area (Å²) >= 11 is 6.00. The average Bonchev–Trinajstić information content (AvgIpc) is 2.26. The van der Waals surface area contributed by atoms with Crippen LogP contribution in [0.2, 0.25) is 5.02 Å². The normalized spacial score (nSPS) is 20.3. The number of nitrogens with one attached hydrogen (secondary N) is 1. The molecule has 1 N–H and O–H groups in total. The van der Waals surface area contributed by atoms with Crippen molar-refractivity contribution in [1.82, 2.24) is 5.32 Å². The molecule has 0 saturated carbocycles. The summed E-state index contributed by atoms with van der Waals surface area (Å²) in [6.07, 6.45) is 0. The number of morpholine rings is 1. The predicted molar refractivity (Wildman–Crippen MR) is 65.0 cm³/mol. The van der Waals surface area contributed by atoms with Crippen LogP contribution in [0, 0.1) is 12.7 Å². The van der Waals surface area contributed by atoms with Gasteiger partial charge in [-0.2, -0.15) is 0 Å². The summed E-state index contributed by atoms with van der Waals surface area (Å²) in [5.74, 6) is -0.231. The molecule has 1 saturated heterocycles. The fraction of sp³-hybridized carbons (Fsp3) is 0.455. The van der Waals surface area contributed by atoms with Crippen molar-refractivity contribution in [1.29, 1.82) is 0 Å². The first-order valence-electron chi connectivity index (χ1n) is 4.96. The Morgan fingerprint density at radius 1 is 1.50 bits per heavy atom. The van der Waals surface area contributed by atoms with Crippen molar-refractivity contribution in [2.75, 3.05) is 19.8 Å². The van der Waals surface area contributed by atoms with Gasteiger partial charge in [0.05, 0.1) is 19.3 Å².